The number of rotatable bonds is 2. The zero-order valence-corrected chi connectivity index (χ0v) is 10.9. The van der Waals surface area contributed by atoms with Crippen LogP contribution in [0.3, 0.4) is 0 Å². The molecule has 0 saturated carbocycles. The summed E-state index contributed by atoms with van der Waals surface area (Å²) in [4.78, 5) is 0. The van der Waals surface area contributed by atoms with Gasteiger partial charge in [-0.25, -0.2) is 0 Å². The Morgan fingerprint density at radius 3 is 2.40 bits per heavy atom. The van der Waals surface area contributed by atoms with Crippen LogP contribution in [0, 0.1) is 0 Å². The molecule has 2 aromatic heterocycles. The van der Waals surface area contributed by atoms with Crippen LogP contribution in [0.5, 0.6) is 0 Å². The minimum atomic E-state index is 0.897. The van der Waals surface area contributed by atoms with E-state index < -0.39 is 0 Å². The van der Waals surface area contributed by atoms with Crippen molar-refractivity contribution in [2.24, 2.45) is 0 Å². The smallest absolute Gasteiger partial charge is 0.133 e. The van der Waals surface area contributed by atoms with Crippen LogP contribution in [0.25, 0.3) is 27.9 Å². The highest BCUT2D eigenvalue weighted by atomic mass is 16.3. The van der Waals surface area contributed by atoms with Gasteiger partial charge in [0.15, 0.2) is 0 Å². The van der Waals surface area contributed by atoms with E-state index in [0.717, 1.165) is 17.0 Å². The summed E-state index contributed by atoms with van der Waals surface area (Å²) in [7, 11) is 0. The van der Waals surface area contributed by atoms with Crippen LogP contribution in [-0.2, 0) is 0 Å². The Morgan fingerprint density at radius 1 is 0.750 bits per heavy atom. The normalized spacial score (nSPS) is 11.0. The van der Waals surface area contributed by atoms with E-state index in [4.69, 9.17) is 4.42 Å². The molecule has 0 aliphatic rings. The van der Waals surface area contributed by atoms with Crippen molar-refractivity contribution in [3.63, 3.8) is 0 Å². The van der Waals surface area contributed by atoms with E-state index in [1.807, 2.05) is 12.1 Å². The van der Waals surface area contributed by atoms with Gasteiger partial charge < -0.3 is 8.98 Å². The summed E-state index contributed by atoms with van der Waals surface area (Å²) in [5.74, 6) is 0.897. The highest BCUT2D eigenvalue weighted by molar-refractivity contribution is 5.82. The number of hydrogen-bond acceptors (Lipinski definition) is 1. The molecule has 0 N–H and O–H groups in total. The van der Waals surface area contributed by atoms with Crippen LogP contribution in [-0.4, -0.2) is 4.57 Å². The maximum atomic E-state index is 5.41. The lowest BCUT2D eigenvalue weighted by atomic mass is 10.1. The molecule has 0 amide bonds. The van der Waals surface area contributed by atoms with E-state index in [2.05, 4.69) is 65.4 Å². The zero-order valence-electron chi connectivity index (χ0n) is 10.9. The van der Waals surface area contributed by atoms with Crippen LogP contribution in [0.15, 0.2) is 83.6 Å². The summed E-state index contributed by atoms with van der Waals surface area (Å²) in [6, 6.07) is 22.8. The van der Waals surface area contributed by atoms with E-state index in [0.29, 0.717) is 0 Å². The van der Waals surface area contributed by atoms with Gasteiger partial charge in [-0.05, 0) is 53.9 Å². The molecule has 0 aliphatic heterocycles. The lowest BCUT2D eigenvalue weighted by Gasteiger charge is -2.06. The van der Waals surface area contributed by atoms with Gasteiger partial charge in [-0.15, -0.1) is 0 Å². The molecule has 0 bridgehead atoms. The number of aromatic nitrogens is 1. The van der Waals surface area contributed by atoms with Crippen molar-refractivity contribution in [2.75, 3.05) is 0 Å². The fourth-order valence-corrected chi connectivity index (χ4v) is 2.54. The fourth-order valence-electron chi connectivity index (χ4n) is 2.54. The third kappa shape index (κ3) is 1.74. The topological polar surface area (TPSA) is 18.1 Å². The Labute approximate surface area is 116 Å². The van der Waals surface area contributed by atoms with Crippen LogP contribution in [0.2, 0.25) is 0 Å². The SMILES string of the molecule is c1coc(-c2ccc(-n3ccc4ccccc43)cc2)c1. The largest absolute Gasteiger partial charge is 0.464 e. The Balaban J connectivity index is 1.79. The maximum Gasteiger partial charge on any atom is 0.133 e. The molecule has 2 nitrogen and oxygen atoms in total. The van der Waals surface area contributed by atoms with E-state index in [9.17, 15) is 0 Å². The lowest BCUT2D eigenvalue weighted by molar-refractivity contribution is 0.582. The summed E-state index contributed by atoms with van der Waals surface area (Å²) in [6.45, 7) is 0. The molecule has 0 fully saturated rings. The van der Waals surface area contributed by atoms with Gasteiger partial charge in [0, 0.05) is 17.4 Å². The molecular weight excluding hydrogens is 246 g/mol. The number of fused-ring (bicyclic) bond motifs is 1. The number of hydrogen-bond donors (Lipinski definition) is 0. The van der Waals surface area contributed by atoms with Gasteiger partial charge in [0.05, 0.1) is 11.8 Å². The number of benzene rings is 2. The van der Waals surface area contributed by atoms with Crippen molar-refractivity contribution in [3.8, 4) is 17.0 Å². The van der Waals surface area contributed by atoms with Crippen molar-refractivity contribution in [3.05, 3.63) is 79.2 Å². The lowest BCUT2D eigenvalue weighted by Crippen LogP contribution is -1.91. The third-order valence-corrected chi connectivity index (χ3v) is 3.55. The molecule has 0 unspecified atom stereocenters. The second kappa shape index (κ2) is 4.42. The van der Waals surface area contributed by atoms with E-state index in [1.165, 1.54) is 10.9 Å². The van der Waals surface area contributed by atoms with Gasteiger partial charge in [-0.2, -0.15) is 0 Å². The molecule has 0 spiro atoms. The first-order chi connectivity index (χ1) is 9.92. The summed E-state index contributed by atoms with van der Waals surface area (Å²) < 4.78 is 7.61. The van der Waals surface area contributed by atoms with E-state index in [1.54, 1.807) is 6.26 Å². The third-order valence-electron chi connectivity index (χ3n) is 3.55. The molecule has 4 rings (SSSR count). The van der Waals surface area contributed by atoms with Crippen molar-refractivity contribution in [2.45, 2.75) is 0 Å². The Hall–Kier alpha value is -2.74. The van der Waals surface area contributed by atoms with Gasteiger partial charge >= 0.3 is 0 Å². The molecule has 4 aromatic rings. The van der Waals surface area contributed by atoms with Crippen LogP contribution < -0.4 is 0 Å². The van der Waals surface area contributed by atoms with E-state index in [-0.39, 0.29) is 0 Å². The van der Waals surface area contributed by atoms with Crippen molar-refractivity contribution < 1.29 is 4.42 Å². The standard InChI is InChI=1S/C18H13NO/c1-2-5-17-14(4-1)11-12-19(17)16-9-7-15(8-10-16)18-6-3-13-20-18/h1-13H. The first kappa shape index (κ1) is 11.1. The van der Waals surface area contributed by atoms with Gasteiger partial charge in [0.2, 0.25) is 0 Å². The minimum absolute atomic E-state index is 0.897. The minimum Gasteiger partial charge on any atom is -0.464 e. The molecule has 2 aromatic carbocycles. The van der Waals surface area contributed by atoms with E-state index >= 15 is 0 Å². The molecule has 0 saturated heterocycles. The molecule has 2 heterocycles. The predicted octanol–water partition coefficient (Wildman–Crippen LogP) is 4.89. The highest BCUT2D eigenvalue weighted by Crippen LogP contribution is 2.24. The van der Waals surface area contributed by atoms with Gasteiger partial charge in [-0.3, -0.25) is 0 Å². The first-order valence-electron chi connectivity index (χ1n) is 6.62. The molecule has 20 heavy (non-hydrogen) atoms. The highest BCUT2D eigenvalue weighted by Gasteiger charge is 2.04. The monoisotopic (exact) mass is 259 g/mol. The second-order valence-corrected chi connectivity index (χ2v) is 4.77. The van der Waals surface area contributed by atoms with Crippen LogP contribution in [0.1, 0.15) is 0 Å². The molecule has 96 valence electrons. The van der Waals surface area contributed by atoms with Gasteiger partial charge in [0.25, 0.3) is 0 Å². The first-order valence-corrected chi connectivity index (χ1v) is 6.62. The molecule has 0 atom stereocenters. The van der Waals surface area contributed by atoms with Crippen molar-refractivity contribution in [1.82, 2.24) is 4.57 Å². The number of furan rings is 1. The summed E-state index contributed by atoms with van der Waals surface area (Å²) >= 11 is 0. The summed E-state index contributed by atoms with van der Waals surface area (Å²) in [5.41, 5.74) is 3.47. The van der Waals surface area contributed by atoms with Crippen molar-refractivity contribution in [1.29, 1.82) is 0 Å². The van der Waals surface area contributed by atoms with Gasteiger partial charge in [-0.1, -0.05) is 18.2 Å². The molecular formula is C18H13NO. The predicted molar refractivity (Wildman–Crippen MR) is 81.0 cm³/mol. The number of nitrogens with zero attached hydrogens (tertiary/aromatic N) is 1. The summed E-state index contributed by atoms with van der Waals surface area (Å²) in [5, 5.41) is 1.25. The van der Waals surface area contributed by atoms with Crippen LogP contribution in [0.4, 0.5) is 0 Å². The maximum absolute atomic E-state index is 5.41. The molecule has 0 aliphatic carbocycles. The Kier molecular flexibility index (Phi) is 2.46. The zero-order chi connectivity index (χ0) is 13.4. The second-order valence-electron chi connectivity index (χ2n) is 4.77. The van der Waals surface area contributed by atoms with Gasteiger partial charge in [0.1, 0.15) is 5.76 Å². The molecule has 0 radical (unpaired) electrons. The number of para-hydroxylation sites is 1. The Morgan fingerprint density at radius 2 is 1.60 bits per heavy atom. The average molecular weight is 259 g/mol. The average Bonchev–Trinajstić information content (AvgIpc) is 3.17. The Bertz CT molecular complexity index is 839. The van der Waals surface area contributed by atoms with Crippen molar-refractivity contribution >= 4 is 10.9 Å². The molecule has 2 heteroatoms. The summed E-state index contributed by atoms with van der Waals surface area (Å²) in [6.07, 6.45) is 3.80. The fraction of sp³-hybridized carbons (Fsp3) is 0. The quantitative estimate of drug-likeness (QED) is 0.501. The van der Waals surface area contributed by atoms with Crippen LogP contribution >= 0.6 is 0 Å².